The van der Waals surface area contributed by atoms with Gasteiger partial charge in [-0.2, -0.15) is 0 Å². The molecule has 0 saturated heterocycles. The summed E-state index contributed by atoms with van der Waals surface area (Å²) in [6, 6.07) is 9.07. The first-order valence-electron chi connectivity index (χ1n) is 5.35. The predicted octanol–water partition coefficient (Wildman–Crippen LogP) is 2.35. The van der Waals surface area contributed by atoms with Crippen molar-refractivity contribution in [1.82, 2.24) is 9.97 Å². The average molecular weight is 228 g/mol. The van der Waals surface area contributed by atoms with Crippen LogP contribution in [0.1, 0.15) is 17.4 Å². The molecule has 2 aromatic rings. The lowest BCUT2D eigenvalue weighted by Gasteiger charge is -2.08. The van der Waals surface area contributed by atoms with Crippen LogP contribution in [0.4, 0.5) is 0 Å². The summed E-state index contributed by atoms with van der Waals surface area (Å²) in [7, 11) is 0. The monoisotopic (exact) mass is 228 g/mol. The van der Waals surface area contributed by atoms with Crippen LogP contribution in [-0.4, -0.2) is 22.9 Å². The second-order valence-electron chi connectivity index (χ2n) is 3.35. The van der Waals surface area contributed by atoms with Gasteiger partial charge in [0.15, 0.2) is 12.1 Å². The van der Waals surface area contributed by atoms with Gasteiger partial charge in [-0.3, -0.25) is 4.79 Å². The summed E-state index contributed by atoms with van der Waals surface area (Å²) in [4.78, 5) is 19.0. The van der Waals surface area contributed by atoms with Crippen LogP contribution in [-0.2, 0) is 0 Å². The molecule has 86 valence electrons. The molecule has 0 radical (unpaired) electrons. The molecule has 0 aliphatic rings. The molecule has 0 amide bonds. The first-order chi connectivity index (χ1) is 8.35. The van der Waals surface area contributed by atoms with Crippen molar-refractivity contribution < 1.29 is 9.53 Å². The molecule has 0 atom stereocenters. The number of nitrogens with zero attached hydrogens (tertiary/aromatic N) is 2. The quantitative estimate of drug-likeness (QED) is 0.754. The summed E-state index contributed by atoms with van der Waals surface area (Å²) < 4.78 is 5.50. The van der Waals surface area contributed by atoms with E-state index >= 15 is 0 Å². The Morgan fingerprint density at radius 1 is 1.29 bits per heavy atom. The lowest BCUT2D eigenvalue weighted by molar-refractivity contribution is 0.111. The molecular formula is C13H12N2O2. The number of hydrogen-bond donors (Lipinski definition) is 0. The lowest BCUT2D eigenvalue weighted by Crippen LogP contribution is -1.98. The zero-order valence-electron chi connectivity index (χ0n) is 9.46. The van der Waals surface area contributed by atoms with Crippen molar-refractivity contribution in [2.24, 2.45) is 0 Å². The summed E-state index contributed by atoms with van der Waals surface area (Å²) in [5.74, 6) is 1.22. The molecule has 0 spiro atoms. The largest absolute Gasteiger partial charge is 0.493 e. The molecule has 0 bridgehead atoms. The minimum Gasteiger partial charge on any atom is -0.493 e. The Labute approximate surface area is 99.3 Å². The molecular weight excluding hydrogens is 216 g/mol. The van der Waals surface area contributed by atoms with Crippen molar-refractivity contribution >= 4 is 6.29 Å². The van der Waals surface area contributed by atoms with Crippen LogP contribution in [0.2, 0.25) is 0 Å². The zero-order chi connectivity index (χ0) is 12.1. The molecule has 1 aromatic carbocycles. The number of benzene rings is 1. The highest BCUT2D eigenvalue weighted by atomic mass is 16.5. The average Bonchev–Trinajstić information content (AvgIpc) is 2.40. The molecule has 0 N–H and O–H groups in total. The van der Waals surface area contributed by atoms with Crippen molar-refractivity contribution in [3.05, 3.63) is 42.2 Å². The summed E-state index contributed by atoms with van der Waals surface area (Å²) in [6.07, 6.45) is 2.27. The highest BCUT2D eigenvalue weighted by Gasteiger charge is 2.08. The maximum atomic E-state index is 10.7. The number of carbonyl (C=O) groups is 1. The van der Waals surface area contributed by atoms with Crippen LogP contribution in [0, 0.1) is 0 Å². The maximum Gasteiger partial charge on any atom is 0.168 e. The van der Waals surface area contributed by atoms with E-state index in [1.165, 1.54) is 0 Å². The second kappa shape index (κ2) is 5.21. The summed E-state index contributed by atoms with van der Waals surface area (Å²) in [5.41, 5.74) is 1.15. The van der Waals surface area contributed by atoms with E-state index in [0.29, 0.717) is 24.4 Å². The minimum absolute atomic E-state index is 0.362. The third kappa shape index (κ3) is 2.47. The Kier molecular flexibility index (Phi) is 3.45. The molecule has 1 heterocycles. The van der Waals surface area contributed by atoms with Crippen molar-refractivity contribution in [1.29, 1.82) is 0 Å². The Morgan fingerprint density at radius 3 is 2.88 bits per heavy atom. The highest BCUT2D eigenvalue weighted by Crippen LogP contribution is 2.26. The van der Waals surface area contributed by atoms with Gasteiger partial charge in [0.25, 0.3) is 0 Å². The predicted molar refractivity (Wildman–Crippen MR) is 64.0 cm³/mol. The maximum absolute atomic E-state index is 10.7. The van der Waals surface area contributed by atoms with Crippen molar-refractivity contribution in [3.8, 4) is 17.1 Å². The Hall–Kier alpha value is -2.23. The van der Waals surface area contributed by atoms with Crippen molar-refractivity contribution in [3.63, 3.8) is 0 Å². The topological polar surface area (TPSA) is 52.1 Å². The second-order valence-corrected chi connectivity index (χ2v) is 3.35. The van der Waals surface area contributed by atoms with Gasteiger partial charge in [-0.1, -0.05) is 12.1 Å². The molecule has 2 rings (SSSR count). The van der Waals surface area contributed by atoms with Gasteiger partial charge in [-0.25, -0.2) is 9.97 Å². The van der Waals surface area contributed by atoms with Gasteiger partial charge in [0.2, 0.25) is 0 Å². The molecule has 4 heteroatoms. The number of aldehydes is 1. The molecule has 4 nitrogen and oxygen atoms in total. The third-order valence-electron chi connectivity index (χ3n) is 2.23. The summed E-state index contributed by atoms with van der Waals surface area (Å²) in [6.45, 7) is 2.49. The van der Waals surface area contributed by atoms with E-state index in [4.69, 9.17) is 4.74 Å². The van der Waals surface area contributed by atoms with Gasteiger partial charge in [0, 0.05) is 6.20 Å². The molecule has 17 heavy (non-hydrogen) atoms. The van der Waals surface area contributed by atoms with Crippen LogP contribution in [0.15, 0.2) is 36.5 Å². The van der Waals surface area contributed by atoms with Crippen molar-refractivity contribution in [2.45, 2.75) is 6.92 Å². The Morgan fingerprint density at radius 2 is 2.12 bits per heavy atom. The minimum atomic E-state index is 0.362. The number of carbonyl (C=O) groups excluding carboxylic acids is 1. The van der Waals surface area contributed by atoms with Crippen LogP contribution >= 0.6 is 0 Å². The molecule has 1 aromatic heterocycles. The normalized spacial score (nSPS) is 9.94. The molecule has 0 unspecified atom stereocenters. The van der Waals surface area contributed by atoms with E-state index in [-0.39, 0.29) is 0 Å². The van der Waals surface area contributed by atoms with Crippen LogP contribution in [0.25, 0.3) is 11.4 Å². The summed E-state index contributed by atoms with van der Waals surface area (Å²) in [5, 5.41) is 0. The number of hydrogen-bond acceptors (Lipinski definition) is 4. The van der Waals surface area contributed by atoms with E-state index in [1.807, 2.05) is 31.2 Å². The van der Waals surface area contributed by atoms with Crippen molar-refractivity contribution in [2.75, 3.05) is 6.61 Å². The number of para-hydroxylation sites is 1. The number of aromatic nitrogens is 2. The lowest BCUT2D eigenvalue weighted by atomic mass is 10.2. The van der Waals surface area contributed by atoms with Gasteiger partial charge in [-0.15, -0.1) is 0 Å². The molecule has 0 saturated carbocycles. The summed E-state index contributed by atoms with van der Waals surface area (Å²) >= 11 is 0. The smallest absolute Gasteiger partial charge is 0.168 e. The van der Waals surface area contributed by atoms with E-state index in [1.54, 1.807) is 12.3 Å². The molecule has 0 aliphatic carbocycles. The fourth-order valence-electron chi connectivity index (χ4n) is 1.50. The van der Waals surface area contributed by atoms with Gasteiger partial charge in [0.1, 0.15) is 11.4 Å². The van der Waals surface area contributed by atoms with E-state index in [2.05, 4.69) is 9.97 Å². The first kappa shape index (κ1) is 11.3. The number of ether oxygens (including phenoxy) is 1. The zero-order valence-corrected chi connectivity index (χ0v) is 9.46. The fraction of sp³-hybridized carbons (Fsp3) is 0.154. The van der Waals surface area contributed by atoms with Crippen LogP contribution in [0.5, 0.6) is 5.75 Å². The van der Waals surface area contributed by atoms with Gasteiger partial charge < -0.3 is 4.74 Å². The number of rotatable bonds is 4. The molecule has 0 fully saturated rings. The van der Waals surface area contributed by atoms with Gasteiger partial charge >= 0.3 is 0 Å². The van der Waals surface area contributed by atoms with Crippen LogP contribution in [0.3, 0.4) is 0 Å². The SMILES string of the molecule is CCOc1ccccc1-c1nccc(C=O)n1. The van der Waals surface area contributed by atoms with Gasteiger partial charge in [-0.05, 0) is 25.1 Å². The highest BCUT2D eigenvalue weighted by molar-refractivity contribution is 5.73. The Balaban J connectivity index is 2.47. The molecule has 0 aliphatic heterocycles. The Bertz CT molecular complexity index is 526. The standard InChI is InChI=1S/C13H12N2O2/c1-2-17-12-6-4-3-5-11(12)13-14-8-7-10(9-16)15-13/h3-9H,2H2,1H3. The fourth-order valence-corrected chi connectivity index (χ4v) is 1.50. The van der Waals surface area contributed by atoms with Gasteiger partial charge in [0.05, 0.1) is 12.2 Å². The van der Waals surface area contributed by atoms with E-state index < -0.39 is 0 Å². The van der Waals surface area contributed by atoms with Crippen LogP contribution < -0.4 is 4.74 Å². The van der Waals surface area contributed by atoms with E-state index in [9.17, 15) is 4.79 Å². The third-order valence-corrected chi connectivity index (χ3v) is 2.23. The van der Waals surface area contributed by atoms with E-state index in [0.717, 1.165) is 11.3 Å². The first-order valence-corrected chi connectivity index (χ1v) is 5.35.